The Morgan fingerprint density at radius 3 is 2.76 bits per heavy atom. The van der Waals surface area contributed by atoms with Crippen LogP contribution in [0, 0.1) is 17.1 Å². The van der Waals surface area contributed by atoms with Crippen molar-refractivity contribution in [1.29, 1.82) is 5.26 Å². The third kappa shape index (κ3) is 3.09. The lowest BCUT2D eigenvalue weighted by Gasteiger charge is -2.11. The van der Waals surface area contributed by atoms with E-state index in [1.807, 2.05) is 0 Å². The number of carbonyl (C=O) groups excluding carboxylic acids is 1. The maximum absolute atomic E-state index is 13.3. The fourth-order valence-electron chi connectivity index (χ4n) is 1.75. The average molecular weight is 285 g/mol. The summed E-state index contributed by atoms with van der Waals surface area (Å²) in [6.07, 6.45) is 0. The Balaban J connectivity index is 2.35. The van der Waals surface area contributed by atoms with Crippen LogP contribution in [0.25, 0.3) is 0 Å². The third-order valence-corrected chi connectivity index (χ3v) is 2.84. The molecular formula is C15H12FN3O2. The Morgan fingerprint density at radius 1 is 1.33 bits per heavy atom. The van der Waals surface area contributed by atoms with Gasteiger partial charge < -0.3 is 15.8 Å². The molecule has 2 aromatic carbocycles. The first-order valence-electron chi connectivity index (χ1n) is 5.99. The summed E-state index contributed by atoms with van der Waals surface area (Å²) in [5.41, 5.74) is 7.44. The molecule has 6 heteroatoms. The number of nitrogen functional groups attached to an aromatic ring is 1. The zero-order chi connectivity index (χ0) is 15.4. The van der Waals surface area contributed by atoms with E-state index in [-0.39, 0.29) is 5.56 Å². The monoisotopic (exact) mass is 285 g/mol. The van der Waals surface area contributed by atoms with Gasteiger partial charge in [0.1, 0.15) is 11.9 Å². The van der Waals surface area contributed by atoms with Crippen molar-refractivity contribution in [2.45, 2.75) is 0 Å². The SMILES string of the molecule is COC(=O)c1ccc(N)c(Nc2ccc(F)c(C#N)c2)c1. The van der Waals surface area contributed by atoms with E-state index in [9.17, 15) is 9.18 Å². The molecule has 2 rings (SSSR count). The molecule has 5 nitrogen and oxygen atoms in total. The van der Waals surface area contributed by atoms with E-state index in [0.29, 0.717) is 22.6 Å². The molecule has 0 aliphatic rings. The molecule has 3 N–H and O–H groups in total. The van der Waals surface area contributed by atoms with Crippen LogP contribution in [0.5, 0.6) is 0 Å². The molecular weight excluding hydrogens is 273 g/mol. The first-order valence-corrected chi connectivity index (χ1v) is 5.99. The normalized spacial score (nSPS) is 9.76. The molecule has 0 aromatic heterocycles. The first-order chi connectivity index (χ1) is 10.0. The maximum atomic E-state index is 13.3. The van der Waals surface area contributed by atoms with E-state index in [0.717, 1.165) is 0 Å². The van der Waals surface area contributed by atoms with Gasteiger partial charge in [-0.25, -0.2) is 9.18 Å². The molecule has 0 aliphatic carbocycles. The number of hydrogen-bond acceptors (Lipinski definition) is 5. The van der Waals surface area contributed by atoms with E-state index in [1.165, 1.54) is 37.4 Å². The van der Waals surface area contributed by atoms with Crippen LogP contribution >= 0.6 is 0 Å². The molecule has 0 bridgehead atoms. The van der Waals surface area contributed by atoms with Crippen LogP contribution in [-0.2, 0) is 4.74 Å². The van der Waals surface area contributed by atoms with Crippen LogP contribution in [0.4, 0.5) is 21.5 Å². The fraction of sp³-hybridized carbons (Fsp3) is 0.0667. The highest BCUT2D eigenvalue weighted by molar-refractivity contribution is 5.92. The summed E-state index contributed by atoms with van der Waals surface area (Å²) < 4.78 is 17.9. The van der Waals surface area contributed by atoms with Crippen molar-refractivity contribution in [2.75, 3.05) is 18.2 Å². The number of carbonyl (C=O) groups is 1. The third-order valence-electron chi connectivity index (χ3n) is 2.84. The summed E-state index contributed by atoms with van der Waals surface area (Å²) in [7, 11) is 1.28. The highest BCUT2D eigenvalue weighted by Gasteiger charge is 2.09. The Kier molecular flexibility index (Phi) is 4.05. The van der Waals surface area contributed by atoms with Gasteiger partial charge >= 0.3 is 5.97 Å². The van der Waals surface area contributed by atoms with E-state index >= 15 is 0 Å². The number of hydrogen-bond donors (Lipinski definition) is 2. The Bertz CT molecular complexity index is 738. The van der Waals surface area contributed by atoms with Gasteiger partial charge in [0.15, 0.2) is 0 Å². The molecule has 0 unspecified atom stereocenters. The Labute approximate surface area is 120 Å². The van der Waals surface area contributed by atoms with Crippen molar-refractivity contribution >= 4 is 23.0 Å². The fourth-order valence-corrected chi connectivity index (χ4v) is 1.75. The maximum Gasteiger partial charge on any atom is 0.337 e. The predicted molar refractivity (Wildman–Crippen MR) is 76.6 cm³/mol. The van der Waals surface area contributed by atoms with Crippen molar-refractivity contribution < 1.29 is 13.9 Å². The van der Waals surface area contributed by atoms with E-state index < -0.39 is 11.8 Å². The summed E-state index contributed by atoms with van der Waals surface area (Å²) in [5, 5.41) is 11.8. The second-order valence-corrected chi connectivity index (χ2v) is 4.23. The lowest BCUT2D eigenvalue weighted by atomic mass is 10.1. The van der Waals surface area contributed by atoms with Crippen LogP contribution in [0.3, 0.4) is 0 Å². The number of anilines is 3. The molecule has 0 saturated heterocycles. The lowest BCUT2D eigenvalue weighted by Crippen LogP contribution is -2.04. The predicted octanol–water partition coefficient (Wildman–Crippen LogP) is 2.81. The number of nitrogens with one attached hydrogen (secondary N) is 1. The molecule has 0 spiro atoms. The standard InChI is InChI=1S/C15H12FN3O2/c1-21-15(20)9-2-5-13(18)14(7-9)19-11-3-4-12(16)10(6-11)8-17/h2-7,19H,18H2,1H3. The number of ether oxygens (including phenoxy) is 1. The van der Waals surface area contributed by atoms with Crippen molar-refractivity contribution in [1.82, 2.24) is 0 Å². The molecule has 0 fully saturated rings. The van der Waals surface area contributed by atoms with Gasteiger partial charge in [0.2, 0.25) is 0 Å². The van der Waals surface area contributed by atoms with Gasteiger partial charge in [0, 0.05) is 5.69 Å². The van der Waals surface area contributed by atoms with Crippen LogP contribution in [-0.4, -0.2) is 13.1 Å². The first kappa shape index (κ1) is 14.3. The van der Waals surface area contributed by atoms with E-state index in [2.05, 4.69) is 10.1 Å². The minimum atomic E-state index is -0.598. The topological polar surface area (TPSA) is 88.1 Å². The van der Waals surface area contributed by atoms with Gasteiger partial charge in [-0.15, -0.1) is 0 Å². The summed E-state index contributed by atoms with van der Waals surface area (Å²) in [6, 6.07) is 10.4. The van der Waals surface area contributed by atoms with Gasteiger partial charge in [-0.1, -0.05) is 0 Å². The van der Waals surface area contributed by atoms with Crippen molar-refractivity contribution in [2.24, 2.45) is 0 Å². The molecule has 2 aromatic rings. The minimum absolute atomic E-state index is 0.0808. The number of nitrogens with zero attached hydrogens (tertiary/aromatic N) is 1. The summed E-state index contributed by atoms with van der Waals surface area (Å²) >= 11 is 0. The Hall–Kier alpha value is -3.07. The quantitative estimate of drug-likeness (QED) is 0.668. The number of nitrogens with two attached hydrogens (primary N) is 1. The minimum Gasteiger partial charge on any atom is -0.465 e. The number of rotatable bonds is 3. The smallest absolute Gasteiger partial charge is 0.337 e. The molecule has 0 aliphatic heterocycles. The molecule has 21 heavy (non-hydrogen) atoms. The number of esters is 1. The molecule has 0 saturated carbocycles. The van der Waals surface area contributed by atoms with Gasteiger partial charge in [-0.05, 0) is 36.4 Å². The largest absolute Gasteiger partial charge is 0.465 e. The van der Waals surface area contributed by atoms with Crippen molar-refractivity contribution in [3.05, 3.63) is 53.3 Å². The van der Waals surface area contributed by atoms with Crippen molar-refractivity contribution in [3.63, 3.8) is 0 Å². The summed E-state index contributed by atoms with van der Waals surface area (Å²) in [6.45, 7) is 0. The Morgan fingerprint density at radius 2 is 2.10 bits per heavy atom. The van der Waals surface area contributed by atoms with E-state index in [4.69, 9.17) is 11.0 Å². The van der Waals surface area contributed by atoms with E-state index in [1.54, 1.807) is 12.1 Å². The molecule has 0 radical (unpaired) electrons. The van der Waals surface area contributed by atoms with Gasteiger partial charge in [-0.3, -0.25) is 0 Å². The number of methoxy groups -OCH3 is 1. The summed E-state index contributed by atoms with van der Waals surface area (Å²) in [4.78, 5) is 11.5. The number of halogens is 1. The highest BCUT2D eigenvalue weighted by Crippen LogP contribution is 2.25. The van der Waals surface area contributed by atoms with Gasteiger partial charge in [0.25, 0.3) is 0 Å². The highest BCUT2D eigenvalue weighted by atomic mass is 19.1. The van der Waals surface area contributed by atoms with Crippen LogP contribution in [0.2, 0.25) is 0 Å². The van der Waals surface area contributed by atoms with Gasteiger partial charge in [-0.2, -0.15) is 5.26 Å². The summed E-state index contributed by atoms with van der Waals surface area (Å²) in [5.74, 6) is -1.09. The number of nitriles is 1. The van der Waals surface area contributed by atoms with Crippen molar-refractivity contribution in [3.8, 4) is 6.07 Å². The second kappa shape index (κ2) is 5.92. The lowest BCUT2D eigenvalue weighted by molar-refractivity contribution is 0.0601. The average Bonchev–Trinajstić information content (AvgIpc) is 2.50. The van der Waals surface area contributed by atoms with Crippen LogP contribution in [0.1, 0.15) is 15.9 Å². The molecule has 0 amide bonds. The zero-order valence-electron chi connectivity index (χ0n) is 11.2. The number of benzene rings is 2. The molecule has 0 atom stereocenters. The molecule has 106 valence electrons. The van der Waals surface area contributed by atoms with Crippen LogP contribution in [0.15, 0.2) is 36.4 Å². The molecule has 0 heterocycles. The zero-order valence-corrected chi connectivity index (χ0v) is 11.2. The van der Waals surface area contributed by atoms with Gasteiger partial charge in [0.05, 0.1) is 29.6 Å². The second-order valence-electron chi connectivity index (χ2n) is 4.23. The van der Waals surface area contributed by atoms with Crippen LogP contribution < -0.4 is 11.1 Å².